The monoisotopic (exact) mass is 300 g/mol. The van der Waals surface area contributed by atoms with E-state index in [4.69, 9.17) is 4.74 Å². The van der Waals surface area contributed by atoms with Crippen LogP contribution in [0.5, 0.6) is 5.75 Å². The molecule has 1 saturated heterocycles. The summed E-state index contributed by atoms with van der Waals surface area (Å²) in [6, 6.07) is 7.98. The van der Waals surface area contributed by atoms with Gasteiger partial charge >= 0.3 is 0 Å². The van der Waals surface area contributed by atoms with Gasteiger partial charge in [-0.2, -0.15) is 0 Å². The van der Waals surface area contributed by atoms with Crippen LogP contribution < -0.4 is 10.1 Å². The summed E-state index contributed by atoms with van der Waals surface area (Å²) in [6.07, 6.45) is 8.32. The van der Waals surface area contributed by atoms with E-state index in [2.05, 4.69) is 22.4 Å². The molecule has 1 aliphatic carbocycles. The maximum Gasteiger partial charge on any atom is 0.251 e. The molecule has 1 aromatic carbocycles. The molecule has 1 aliphatic heterocycles. The van der Waals surface area contributed by atoms with E-state index in [0.717, 1.165) is 31.2 Å². The lowest BCUT2D eigenvalue weighted by Gasteiger charge is -2.22. The summed E-state index contributed by atoms with van der Waals surface area (Å²) < 4.78 is 5.77. The van der Waals surface area contributed by atoms with Crippen LogP contribution in [0.25, 0.3) is 0 Å². The number of allylic oxidation sites excluding steroid dienone is 1. The molecule has 1 heterocycles. The van der Waals surface area contributed by atoms with Crippen LogP contribution in [-0.2, 0) is 0 Å². The molecule has 1 N–H and O–H groups in total. The fourth-order valence-electron chi connectivity index (χ4n) is 3.44. The summed E-state index contributed by atoms with van der Waals surface area (Å²) in [5, 5.41) is 2.61. The molecule has 1 fully saturated rings. The van der Waals surface area contributed by atoms with Crippen molar-refractivity contribution in [3.63, 3.8) is 0 Å². The SMILES string of the molecule is CNC(=O)c1ccc(OCCCN2CC[C@@H]3CC=C[C@H]32)cc1. The fourth-order valence-corrected chi connectivity index (χ4v) is 3.44. The van der Waals surface area contributed by atoms with Gasteiger partial charge in [0.25, 0.3) is 5.91 Å². The van der Waals surface area contributed by atoms with Crippen molar-refractivity contribution >= 4 is 5.91 Å². The van der Waals surface area contributed by atoms with E-state index in [0.29, 0.717) is 11.6 Å². The predicted molar refractivity (Wildman–Crippen MR) is 87.2 cm³/mol. The second-order valence-electron chi connectivity index (χ2n) is 6.04. The Balaban J connectivity index is 1.40. The molecule has 22 heavy (non-hydrogen) atoms. The zero-order valence-electron chi connectivity index (χ0n) is 13.1. The molecule has 2 aliphatic rings. The highest BCUT2D eigenvalue weighted by atomic mass is 16.5. The molecule has 4 nitrogen and oxygen atoms in total. The van der Waals surface area contributed by atoms with Crippen molar-refractivity contribution in [2.45, 2.75) is 25.3 Å². The number of nitrogens with zero attached hydrogens (tertiary/aromatic N) is 1. The summed E-state index contributed by atoms with van der Waals surface area (Å²) >= 11 is 0. The summed E-state index contributed by atoms with van der Waals surface area (Å²) in [6.45, 7) is 3.04. The quantitative estimate of drug-likeness (QED) is 0.648. The molecule has 0 aromatic heterocycles. The number of hydrogen-bond donors (Lipinski definition) is 1. The van der Waals surface area contributed by atoms with Crippen molar-refractivity contribution in [3.8, 4) is 5.75 Å². The van der Waals surface area contributed by atoms with Crippen LogP contribution in [0.15, 0.2) is 36.4 Å². The average Bonchev–Trinajstić information content (AvgIpc) is 3.15. The Morgan fingerprint density at radius 2 is 2.18 bits per heavy atom. The Hall–Kier alpha value is -1.81. The largest absolute Gasteiger partial charge is 0.494 e. The molecule has 118 valence electrons. The number of likely N-dealkylation sites (tertiary alicyclic amines) is 1. The van der Waals surface area contributed by atoms with Crippen molar-refractivity contribution < 1.29 is 9.53 Å². The lowest BCUT2D eigenvalue weighted by atomic mass is 10.0. The van der Waals surface area contributed by atoms with E-state index in [1.165, 1.54) is 19.4 Å². The minimum atomic E-state index is -0.0697. The van der Waals surface area contributed by atoms with Crippen LogP contribution in [0, 0.1) is 5.92 Å². The van der Waals surface area contributed by atoms with Gasteiger partial charge in [0, 0.05) is 25.2 Å². The van der Waals surface area contributed by atoms with Gasteiger partial charge in [0.05, 0.1) is 6.61 Å². The molecule has 1 amide bonds. The number of carbonyl (C=O) groups is 1. The van der Waals surface area contributed by atoms with Crippen LogP contribution >= 0.6 is 0 Å². The Kier molecular flexibility index (Phi) is 4.78. The number of benzene rings is 1. The minimum Gasteiger partial charge on any atom is -0.494 e. The molecule has 1 aromatic rings. The van der Waals surface area contributed by atoms with E-state index in [-0.39, 0.29) is 5.91 Å². The number of nitrogens with one attached hydrogen (secondary N) is 1. The van der Waals surface area contributed by atoms with Gasteiger partial charge < -0.3 is 10.1 Å². The number of ether oxygens (including phenoxy) is 1. The molecule has 0 bridgehead atoms. The predicted octanol–water partition coefficient (Wildman–Crippen LogP) is 2.47. The van der Waals surface area contributed by atoms with Gasteiger partial charge in [-0.25, -0.2) is 0 Å². The van der Waals surface area contributed by atoms with Crippen molar-refractivity contribution in [1.82, 2.24) is 10.2 Å². The number of amides is 1. The third-order valence-corrected chi connectivity index (χ3v) is 4.67. The Morgan fingerprint density at radius 1 is 1.36 bits per heavy atom. The van der Waals surface area contributed by atoms with Crippen LogP contribution in [0.1, 0.15) is 29.6 Å². The molecule has 3 rings (SSSR count). The zero-order chi connectivity index (χ0) is 15.4. The van der Waals surface area contributed by atoms with Crippen LogP contribution in [0.3, 0.4) is 0 Å². The van der Waals surface area contributed by atoms with Gasteiger partial charge in [-0.3, -0.25) is 9.69 Å². The number of hydrogen-bond acceptors (Lipinski definition) is 3. The molecule has 0 spiro atoms. The number of carbonyl (C=O) groups excluding carboxylic acids is 1. The molecule has 2 atom stereocenters. The first-order chi connectivity index (χ1) is 10.8. The zero-order valence-corrected chi connectivity index (χ0v) is 13.1. The molecule has 0 saturated carbocycles. The van der Waals surface area contributed by atoms with Gasteiger partial charge in [0.1, 0.15) is 5.75 Å². The van der Waals surface area contributed by atoms with Gasteiger partial charge in [-0.05, 0) is 56.0 Å². The van der Waals surface area contributed by atoms with E-state index in [1.807, 2.05) is 12.1 Å². The van der Waals surface area contributed by atoms with E-state index >= 15 is 0 Å². The molecular formula is C18H24N2O2. The third-order valence-electron chi connectivity index (χ3n) is 4.67. The second-order valence-corrected chi connectivity index (χ2v) is 6.04. The Labute approximate surface area is 132 Å². The van der Waals surface area contributed by atoms with Crippen LogP contribution in [0.4, 0.5) is 0 Å². The number of rotatable bonds is 6. The highest BCUT2D eigenvalue weighted by Crippen LogP contribution is 2.32. The first kappa shape index (κ1) is 15.1. The van der Waals surface area contributed by atoms with Gasteiger partial charge in [-0.1, -0.05) is 12.2 Å². The normalized spacial score (nSPS) is 23.5. The number of fused-ring (bicyclic) bond motifs is 1. The standard InChI is InChI=1S/C18H24N2O2/c1-19-18(21)15-6-8-16(9-7-15)22-13-3-11-20-12-10-14-4-2-5-17(14)20/h2,5-9,14,17H,3-4,10-13H2,1H3,(H,19,21)/t14-,17+/m0/s1. The van der Waals surface area contributed by atoms with E-state index < -0.39 is 0 Å². The summed E-state index contributed by atoms with van der Waals surface area (Å²) in [4.78, 5) is 14.0. The maximum atomic E-state index is 11.5. The van der Waals surface area contributed by atoms with Crippen molar-refractivity contribution in [1.29, 1.82) is 0 Å². The topological polar surface area (TPSA) is 41.6 Å². The third kappa shape index (κ3) is 3.33. The van der Waals surface area contributed by atoms with Crippen molar-refractivity contribution in [3.05, 3.63) is 42.0 Å². The minimum absolute atomic E-state index is 0.0697. The van der Waals surface area contributed by atoms with Crippen LogP contribution in [0.2, 0.25) is 0 Å². The summed E-state index contributed by atoms with van der Waals surface area (Å²) in [7, 11) is 1.63. The fraction of sp³-hybridized carbons (Fsp3) is 0.500. The average molecular weight is 300 g/mol. The summed E-state index contributed by atoms with van der Waals surface area (Å²) in [5.74, 6) is 1.62. The molecule has 0 unspecified atom stereocenters. The van der Waals surface area contributed by atoms with Crippen molar-refractivity contribution in [2.75, 3.05) is 26.7 Å². The van der Waals surface area contributed by atoms with Gasteiger partial charge in [0.15, 0.2) is 0 Å². The van der Waals surface area contributed by atoms with Crippen molar-refractivity contribution in [2.24, 2.45) is 5.92 Å². The molecule has 4 heteroatoms. The lowest BCUT2D eigenvalue weighted by Crippen LogP contribution is -2.31. The Bertz CT molecular complexity index is 539. The first-order valence-electron chi connectivity index (χ1n) is 8.13. The smallest absolute Gasteiger partial charge is 0.251 e. The van der Waals surface area contributed by atoms with Gasteiger partial charge in [0.2, 0.25) is 0 Å². The van der Waals surface area contributed by atoms with Gasteiger partial charge in [-0.15, -0.1) is 0 Å². The van der Waals surface area contributed by atoms with Crippen LogP contribution in [-0.4, -0.2) is 43.6 Å². The molecular weight excluding hydrogens is 276 g/mol. The molecule has 0 radical (unpaired) electrons. The first-order valence-corrected chi connectivity index (χ1v) is 8.13. The van der Waals surface area contributed by atoms with E-state index in [9.17, 15) is 4.79 Å². The summed E-state index contributed by atoms with van der Waals surface area (Å²) in [5.41, 5.74) is 0.658. The highest BCUT2D eigenvalue weighted by molar-refractivity contribution is 5.94. The lowest BCUT2D eigenvalue weighted by molar-refractivity contribution is 0.0963. The Morgan fingerprint density at radius 3 is 2.95 bits per heavy atom. The maximum absolute atomic E-state index is 11.5. The van der Waals surface area contributed by atoms with E-state index in [1.54, 1.807) is 19.2 Å². The second kappa shape index (κ2) is 6.97. The highest BCUT2D eigenvalue weighted by Gasteiger charge is 2.33.